The SMILES string of the molecule is O=C(Nc1ccc2ncc(Cl)n2c1)c1ccc2c(c1)OCO2. The van der Waals surface area contributed by atoms with E-state index in [0.29, 0.717) is 33.6 Å². The maximum atomic E-state index is 12.3. The molecule has 3 aromatic rings. The lowest BCUT2D eigenvalue weighted by Crippen LogP contribution is -2.12. The van der Waals surface area contributed by atoms with Gasteiger partial charge in [0.15, 0.2) is 11.5 Å². The monoisotopic (exact) mass is 315 g/mol. The Bertz CT molecular complexity index is 891. The van der Waals surface area contributed by atoms with Gasteiger partial charge in [0.1, 0.15) is 10.8 Å². The summed E-state index contributed by atoms with van der Waals surface area (Å²) in [6.07, 6.45) is 3.27. The van der Waals surface area contributed by atoms with Gasteiger partial charge in [-0.2, -0.15) is 0 Å². The number of carbonyl (C=O) groups is 1. The highest BCUT2D eigenvalue weighted by Crippen LogP contribution is 2.32. The molecule has 0 unspecified atom stereocenters. The molecule has 1 aromatic carbocycles. The Morgan fingerprint density at radius 2 is 2.09 bits per heavy atom. The average Bonchev–Trinajstić information content (AvgIpc) is 3.13. The minimum atomic E-state index is -0.242. The van der Waals surface area contributed by atoms with E-state index in [4.69, 9.17) is 21.1 Å². The van der Waals surface area contributed by atoms with Crippen molar-refractivity contribution in [3.8, 4) is 11.5 Å². The van der Waals surface area contributed by atoms with E-state index in [1.807, 2.05) is 0 Å². The first kappa shape index (κ1) is 13.0. The number of hydrogen-bond donors (Lipinski definition) is 1. The van der Waals surface area contributed by atoms with Crippen molar-refractivity contribution in [2.75, 3.05) is 12.1 Å². The van der Waals surface area contributed by atoms with Crippen LogP contribution in [0.1, 0.15) is 10.4 Å². The molecule has 3 heterocycles. The van der Waals surface area contributed by atoms with E-state index in [9.17, 15) is 4.79 Å². The van der Waals surface area contributed by atoms with Crippen molar-refractivity contribution in [3.05, 3.63) is 53.4 Å². The number of rotatable bonds is 2. The van der Waals surface area contributed by atoms with Gasteiger partial charge in [0.25, 0.3) is 5.91 Å². The smallest absolute Gasteiger partial charge is 0.255 e. The van der Waals surface area contributed by atoms with Gasteiger partial charge in [-0.25, -0.2) is 4.98 Å². The standard InChI is InChI=1S/C15H10ClN3O3/c16-13-6-17-14-4-2-10(7-19(13)14)18-15(20)9-1-3-11-12(5-9)22-8-21-11/h1-7H,8H2,(H,18,20). The molecule has 7 heteroatoms. The second-order valence-corrected chi connectivity index (χ2v) is 5.14. The summed E-state index contributed by atoms with van der Waals surface area (Å²) in [5.41, 5.74) is 1.82. The van der Waals surface area contributed by atoms with Crippen LogP contribution in [0.2, 0.25) is 5.15 Å². The van der Waals surface area contributed by atoms with Crippen molar-refractivity contribution in [1.82, 2.24) is 9.38 Å². The van der Waals surface area contributed by atoms with Crippen molar-refractivity contribution in [1.29, 1.82) is 0 Å². The predicted octanol–water partition coefficient (Wildman–Crippen LogP) is 2.97. The molecule has 22 heavy (non-hydrogen) atoms. The third-order valence-corrected chi connectivity index (χ3v) is 3.63. The molecule has 0 saturated heterocycles. The van der Waals surface area contributed by atoms with E-state index in [1.54, 1.807) is 47.1 Å². The lowest BCUT2D eigenvalue weighted by Gasteiger charge is -2.07. The van der Waals surface area contributed by atoms with Crippen LogP contribution in [-0.2, 0) is 0 Å². The average molecular weight is 316 g/mol. The van der Waals surface area contributed by atoms with Crippen molar-refractivity contribution in [2.45, 2.75) is 0 Å². The van der Waals surface area contributed by atoms with Crippen LogP contribution >= 0.6 is 11.6 Å². The van der Waals surface area contributed by atoms with Gasteiger partial charge in [0.05, 0.1) is 11.9 Å². The molecule has 4 rings (SSSR count). The van der Waals surface area contributed by atoms with Crippen LogP contribution in [0.3, 0.4) is 0 Å². The summed E-state index contributed by atoms with van der Waals surface area (Å²) in [6.45, 7) is 0.177. The molecule has 0 atom stereocenters. The Morgan fingerprint density at radius 3 is 3.00 bits per heavy atom. The second-order valence-electron chi connectivity index (χ2n) is 4.75. The summed E-state index contributed by atoms with van der Waals surface area (Å²) in [7, 11) is 0. The molecule has 0 saturated carbocycles. The molecule has 6 nitrogen and oxygen atoms in total. The van der Waals surface area contributed by atoms with Crippen molar-refractivity contribution < 1.29 is 14.3 Å². The minimum absolute atomic E-state index is 0.177. The molecule has 110 valence electrons. The summed E-state index contributed by atoms with van der Waals surface area (Å²) in [6, 6.07) is 8.60. The maximum Gasteiger partial charge on any atom is 0.255 e. The van der Waals surface area contributed by atoms with Crippen LogP contribution in [0, 0.1) is 0 Å². The third kappa shape index (κ3) is 2.14. The third-order valence-electron chi connectivity index (χ3n) is 3.35. The quantitative estimate of drug-likeness (QED) is 0.789. The van der Waals surface area contributed by atoms with Gasteiger partial charge < -0.3 is 14.8 Å². The number of anilines is 1. The summed E-state index contributed by atoms with van der Waals surface area (Å²) >= 11 is 6.02. The number of halogens is 1. The number of pyridine rings is 1. The number of aromatic nitrogens is 2. The Kier molecular flexibility index (Phi) is 2.90. The van der Waals surface area contributed by atoms with Crippen LogP contribution in [0.5, 0.6) is 11.5 Å². The molecule has 0 bridgehead atoms. The van der Waals surface area contributed by atoms with Crippen molar-refractivity contribution in [2.24, 2.45) is 0 Å². The molecular weight excluding hydrogens is 306 g/mol. The molecule has 0 spiro atoms. The zero-order valence-corrected chi connectivity index (χ0v) is 12.0. The number of nitrogens with one attached hydrogen (secondary N) is 1. The number of fused-ring (bicyclic) bond motifs is 2. The summed E-state index contributed by atoms with van der Waals surface area (Å²) < 4.78 is 12.2. The van der Waals surface area contributed by atoms with Crippen LogP contribution in [0.4, 0.5) is 5.69 Å². The molecular formula is C15H10ClN3O3. The lowest BCUT2D eigenvalue weighted by molar-refractivity contribution is 0.102. The molecule has 1 aliphatic rings. The molecule has 0 fully saturated rings. The first-order valence-corrected chi connectivity index (χ1v) is 6.92. The number of nitrogens with zero attached hydrogens (tertiary/aromatic N) is 2. The number of benzene rings is 1. The number of imidazole rings is 1. The van der Waals surface area contributed by atoms with E-state index < -0.39 is 0 Å². The predicted molar refractivity (Wildman–Crippen MR) is 80.7 cm³/mol. The van der Waals surface area contributed by atoms with Gasteiger partial charge in [0, 0.05) is 11.8 Å². The van der Waals surface area contributed by atoms with Crippen LogP contribution < -0.4 is 14.8 Å². The number of amides is 1. The van der Waals surface area contributed by atoms with E-state index in [1.165, 1.54) is 0 Å². The van der Waals surface area contributed by atoms with Gasteiger partial charge in [-0.15, -0.1) is 0 Å². The highest BCUT2D eigenvalue weighted by Gasteiger charge is 2.16. The summed E-state index contributed by atoms with van der Waals surface area (Å²) in [5.74, 6) is 0.970. The normalized spacial score (nSPS) is 12.6. The number of hydrogen-bond acceptors (Lipinski definition) is 4. The topological polar surface area (TPSA) is 64.9 Å². The van der Waals surface area contributed by atoms with Gasteiger partial charge in [-0.05, 0) is 30.3 Å². The van der Waals surface area contributed by atoms with Gasteiger partial charge in [0.2, 0.25) is 6.79 Å². The van der Waals surface area contributed by atoms with Gasteiger partial charge in [-0.3, -0.25) is 9.20 Å². The minimum Gasteiger partial charge on any atom is -0.454 e. The summed E-state index contributed by atoms with van der Waals surface area (Å²) in [4.78, 5) is 16.4. The van der Waals surface area contributed by atoms with E-state index >= 15 is 0 Å². The largest absolute Gasteiger partial charge is 0.454 e. The van der Waals surface area contributed by atoms with Gasteiger partial charge in [-0.1, -0.05) is 11.6 Å². The lowest BCUT2D eigenvalue weighted by atomic mass is 10.2. The molecule has 1 N–H and O–H groups in total. The Morgan fingerprint density at radius 1 is 1.23 bits per heavy atom. The highest BCUT2D eigenvalue weighted by atomic mass is 35.5. The number of carbonyl (C=O) groups excluding carboxylic acids is 1. The summed E-state index contributed by atoms with van der Waals surface area (Å²) in [5, 5.41) is 3.30. The van der Waals surface area contributed by atoms with Crippen LogP contribution in [-0.4, -0.2) is 22.1 Å². The van der Waals surface area contributed by atoms with Crippen molar-refractivity contribution >= 4 is 28.8 Å². The van der Waals surface area contributed by atoms with Crippen LogP contribution in [0.15, 0.2) is 42.7 Å². The van der Waals surface area contributed by atoms with Crippen molar-refractivity contribution in [3.63, 3.8) is 0 Å². The molecule has 2 aromatic heterocycles. The number of ether oxygens (including phenoxy) is 2. The molecule has 1 amide bonds. The first-order chi connectivity index (χ1) is 10.7. The Balaban J connectivity index is 1.61. The molecule has 1 aliphatic heterocycles. The zero-order chi connectivity index (χ0) is 15.1. The Labute approximate surface area is 130 Å². The van der Waals surface area contributed by atoms with E-state index in [-0.39, 0.29) is 12.7 Å². The van der Waals surface area contributed by atoms with Crippen LogP contribution in [0.25, 0.3) is 5.65 Å². The highest BCUT2D eigenvalue weighted by molar-refractivity contribution is 6.29. The van der Waals surface area contributed by atoms with E-state index in [0.717, 1.165) is 0 Å². The second kappa shape index (κ2) is 4.92. The Hall–Kier alpha value is -2.73. The first-order valence-electron chi connectivity index (χ1n) is 6.54. The maximum absolute atomic E-state index is 12.3. The fourth-order valence-electron chi connectivity index (χ4n) is 2.27. The fourth-order valence-corrected chi connectivity index (χ4v) is 2.45. The molecule has 0 aliphatic carbocycles. The zero-order valence-electron chi connectivity index (χ0n) is 11.2. The van der Waals surface area contributed by atoms with Gasteiger partial charge >= 0.3 is 0 Å². The van der Waals surface area contributed by atoms with E-state index in [2.05, 4.69) is 10.3 Å². The fraction of sp³-hybridized carbons (Fsp3) is 0.0667. The molecule has 0 radical (unpaired) electrons.